The number of rotatable bonds is 5. The minimum Gasteiger partial charge on any atom is -0.486 e. The van der Waals surface area contributed by atoms with Gasteiger partial charge in [-0.1, -0.05) is 51.8 Å². The van der Waals surface area contributed by atoms with Crippen LogP contribution in [0.2, 0.25) is 10.0 Å². The second kappa shape index (κ2) is 8.82. The van der Waals surface area contributed by atoms with Crippen LogP contribution in [0.25, 0.3) is 6.08 Å². The Morgan fingerprint density at radius 1 is 1.10 bits per heavy atom. The molecule has 1 saturated heterocycles. The van der Waals surface area contributed by atoms with Gasteiger partial charge in [0.25, 0.3) is 11.8 Å². The molecule has 0 aromatic heterocycles. The zero-order valence-corrected chi connectivity index (χ0v) is 17.8. The molecular weight excluding hydrogens is 483 g/mol. The molecule has 1 aliphatic heterocycles. The fourth-order valence-corrected chi connectivity index (χ4v) is 3.47. The predicted molar refractivity (Wildman–Crippen MR) is 115 cm³/mol. The van der Waals surface area contributed by atoms with Crippen LogP contribution < -0.4 is 15.0 Å². The Hall–Kier alpha value is -2.61. The van der Waals surface area contributed by atoms with E-state index in [9.17, 15) is 14.4 Å². The summed E-state index contributed by atoms with van der Waals surface area (Å²) in [6, 6.07) is 8.68. The Labute approximate surface area is 184 Å². The highest BCUT2D eigenvalue weighted by Crippen LogP contribution is 2.35. The maximum Gasteiger partial charge on any atom is 0.335 e. The summed E-state index contributed by atoms with van der Waals surface area (Å²) in [6.07, 6.45) is 2.85. The molecule has 0 bridgehead atoms. The molecule has 0 unspecified atom stereocenters. The summed E-state index contributed by atoms with van der Waals surface area (Å²) in [7, 11) is 0. The standard InChI is InChI=1S/C20H13BrCl2N2O4/c1-2-7-29-17-15(22)9-11(10-16(17)23)8-14-18(26)24-20(28)25(19(14)27)13-5-3-12(21)4-6-13/h2-6,8-10H,1,7H2,(H,24,26,28)/b14-8+. The largest absolute Gasteiger partial charge is 0.486 e. The molecule has 1 fully saturated rings. The first-order chi connectivity index (χ1) is 13.8. The second-order valence-electron chi connectivity index (χ2n) is 5.85. The van der Waals surface area contributed by atoms with Gasteiger partial charge in [0.15, 0.2) is 5.75 Å². The summed E-state index contributed by atoms with van der Waals surface area (Å²) in [5, 5.41) is 2.57. The van der Waals surface area contributed by atoms with Crippen molar-refractivity contribution in [2.75, 3.05) is 11.5 Å². The lowest BCUT2D eigenvalue weighted by Crippen LogP contribution is -2.54. The van der Waals surface area contributed by atoms with Crippen LogP contribution in [0.15, 0.2) is 59.1 Å². The van der Waals surface area contributed by atoms with E-state index in [-0.39, 0.29) is 28.0 Å². The number of halogens is 3. The number of benzene rings is 2. The summed E-state index contributed by atoms with van der Waals surface area (Å²) < 4.78 is 6.18. The Kier molecular flexibility index (Phi) is 6.42. The minimum atomic E-state index is -0.830. The highest BCUT2D eigenvalue weighted by Gasteiger charge is 2.36. The van der Waals surface area contributed by atoms with Crippen LogP contribution in [0, 0.1) is 0 Å². The average Bonchev–Trinajstić information content (AvgIpc) is 2.66. The van der Waals surface area contributed by atoms with Crippen molar-refractivity contribution in [1.29, 1.82) is 0 Å². The third kappa shape index (κ3) is 4.53. The highest BCUT2D eigenvalue weighted by atomic mass is 79.9. The van der Waals surface area contributed by atoms with Crippen molar-refractivity contribution >= 4 is 68.7 Å². The molecule has 4 amide bonds. The Morgan fingerprint density at radius 2 is 1.72 bits per heavy atom. The minimum absolute atomic E-state index is 0.204. The molecule has 0 radical (unpaired) electrons. The van der Waals surface area contributed by atoms with Crippen LogP contribution >= 0.6 is 39.1 Å². The maximum atomic E-state index is 12.9. The van der Waals surface area contributed by atoms with E-state index in [0.29, 0.717) is 11.3 Å². The molecule has 29 heavy (non-hydrogen) atoms. The quantitative estimate of drug-likeness (QED) is 0.360. The molecule has 2 aromatic rings. The summed E-state index contributed by atoms with van der Waals surface area (Å²) in [6.45, 7) is 3.77. The summed E-state index contributed by atoms with van der Waals surface area (Å²) in [4.78, 5) is 38.2. The van der Waals surface area contributed by atoms with E-state index in [2.05, 4.69) is 27.8 Å². The van der Waals surface area contributed by atoms with E-state index in [0.717, 1.165) is 9.37 Å². The number of imide groups is 2. The third-order valence-corrected chi connectivity index (χ3v) is 4.95. The average molecular weight is 496 g/mol. The zero-order valence-electron chi connectivity index (χ0n) is 14.7. The summed E-state index contributed by atoms with van der Waals surface area (Å²) >= 11 is 15.7. The fourth-order valence-electron chi connectivity index (χ4n) is 2.59. The van der Waals surface area contributed by atoms with Crippen LogP contribution in [-0.4, -0.2) is 24.5 Å². The van der Waals surface area contributed by atoms with Gasteiger partial charge in [-0.25, -0.2) is 9.69 Å². The first kappa shape index (κ1) is 21.1. The normalized spacial score (nSPS) is 15.5. The number of hydrogen-bond donors (Lipinski definition) is 1. The van der Waals surface area contributed by atoms with Crippen LogP contribution in [-0.2, 0) is 9.59 Å². The SMILES string of the molecule is C=CCOc1c(Cl)cc(/C=C2\C(=O)NC(=O)N(c3ccc(Br)cc3)C2=O)cc1Cl. The number of carbonyl (C=O) groups excluding carboxylic acids is 3. The van der Waals surface area contributed by atoms with Crippen molar-refractivity contribution in [2.24, 2.45) is 0 Å². The van der Waals surface area contributed by atoms with Gasteiger partial charge in [-0.05, 0) is 48.0 Å². The van der Waals surface area contributed by atoms with Gasteiger partial charge in [0.1, 0.15) is 12.2 Å². The van der Waals surface area contributed by atoms with E-state index >= 15 is 0 Å². The number of nitrogens with one attached hydrogen (secondary N) is 1. The van der Waals surface area contributed by atoms with Crippen LogP contribution in [0.4, 0.5) is 10.5 Å². The second-order valence-corrected chi connectivity index (χ2v) is 7.58. The summed E-state index contributed by atoms with van der Waals surface area (Å²) in [5.74, 6) is -1.31. The van der Waals surface area contributed by atoms with E-state index in [1.54, 1.807) is 30.3 Å². The third-order valence-electron chi connectivity index (χ3n) is 3.86. The number of hydrogen-bond acceptors (Lipinski definition) is 4. The fraction of sp³-hybridized carbons (Fsp3) is 0.0500. The Morgan fingerprint density at radius 3 is 2.31 bits per heavy atom. The molecule has 2 aromatic carbocycles. The van der Waals surface area contributed by atoms with Crippen molar-refractivity contribution < 1.29 is 19.1 Å². The van der Waals surface area contributed by atoms with Gasteiger partial charge in [-0.2, -0.15) is 0 Å². The maximum absolute atomic E-state index is 12.9. The molecule has 0 atom stereocenters. The molecular formula is C20H13BrCl2N2O4. The smallest absolute Gasteiger partial charge is 0.335 e. The van der Waals surface area contributed by atoms with Crippen LogP contribution in [0.1, 0.15) is 5.56 Å². The predicted octanol–water partition coefficient (Wildman–Crippen LogP) is 4.99. The van der Waals surface area contributed by atoms with Gasteiger partial charge in [0.2, 0.25) is 0 Å². The molecule has 6 nitrogen and oxygen atoms in total. The molecule has 0 spiro atoms. The van der Waals surface area contributed by atoms with E-state index in [4.69, 9.17) is 27.9 Å². The lowest BCUT2D eigenvalue weighted by atomic mass is 10.1. The molecule has 1 heterocycles. The van der Waals surface area contributed by atoms with Gasteiger partial charge >= 0.3 is 6.03 Å². The van der Waals surface area contributed by atoms with Crippen molar-refractivity contribution in [3.05, 3.63) is 74.7 Å². The van der Waals surface area contributed by atoms with Gasteiger partial charge in [0, 0.05) is 4.47 Å². The molecule has 3 rings (SSSR count). The van der Waals surface area contributed by atoms with Crippen molar-refractivity contribution in [3.8, 4) is 5.75 Å². The zero-order chi connectivity index (χ0) is 21.1. The number of ether oxygens (including phenoxy) is 1. The van der Waals surface area contributed by atoms with Gasteiger partial charge in [-0.3, -0.25) is 14.9 Å². The van der Waals surface area contributed by atoms with E-state index in [1.165, 1.54) is 18.2 Å². The molecule has 1 aliphatic rings. The molecule has 148 valence electrons. The number of urea groups is 1. The molecule has 0 aliphatic carbocycles. The Balaban J connectivity index is 1.98. The van der Waals surface area contributed by atoms with Gasteiger partial charge in [-0.15, -0.1) is 0 Å². The molecule has 1 N–H and O–H groups in total. The number of carbonyl (C=O) groups is 3. The number of barbiturate groups is 1. The first-order valence-electron chi connectivity index (χ1n) is 8.21. The van der Waals surface area contributed by atoms with Gasteiger partial charge in [0.05, 0.1) is 15.7 Å². The van der Waals surface area contributed by atoms with E-state index < -0.39 is 17.8 Å². The number of anilines is 1. The van der Waals surface area contributed by atoms with Crippen LogP contribution in [0.3, 0.4) is 0 Å². The number of nitrogens with zero attached hydrogens (tertiary/aromatic N) is 1. The summed E-state index contributed by atoms with van der Waals surface area (Å²) in [5.41, 5.74) is 0.479. The number of amides is 4. The van der Waals surface area contributed by atoms with Crippen molar-refractivity contribution in [3.63, 3.8) is 0 Å². The Bertz CT molecular complexity index is 1030. The van der Waals surface area contributed by atoms with Gasteiger partial charge < -0.3 is 4.74 Å². The first-order valence-corrected chi connectivity index (χ1v) is 9.76. The van der Waals surface area contributed by atoms with Crippen molar-refractivity contribution in [2.45, 2.75) is 0 Å². The molecule has 9 heteroatoms. The van der Waals surface area contributed by atoms with E-state index in [1.807, 2.05) is 0 Å². The van der Waals surface area contributed by atoms with Crippen molar-refractivity contribution in [1.82, 2.24) is 5.32 Å². The lowest BCUT2D eigenvalue weighted by Gasteiger charge is -2.26. The van der Waals surface area contributed by atoms with Crippen LogP contribution in [0.5, 0.6) is 5.75 Å². The highest BCUT2D eigenvalue weighted by molar-refractivity contribution is 9.10. The molecule has 0 saturated carbocycles. The topological polar surface area (TPSA) is 75.7 Å². The lowest BCUT2D eigenvalue weighted by molar-refractivity contribution is -0.122. The monoisotopic (exact) mass is 494 g/mol.